The first kappa shape index (κ1) is 19.5. The van der Waals surface area contributed by atoms with Crippen molar-refractivity contribution in [3.8, 4) is 0 Å². The summed E-state index contributed by atoms with van der Waals surface area (Å²) in [6, 6.07) is 1.77. The number of carbonyl (C=O) groups is 1. The highest BCUT2D eigenvalue weighted by Gasteiger charge is 2.25. The van der Waals surface area contributed by atoms with Crippen LogP contribution in [-0.2, 0) is 4.74 Å². The smallest absolute Gasteiger partial charge is 0.341 e. The number of nitrogens with one attached hydrogen (secondary N) is 1. The van der Waals surface area contributed by atoms with E-state index in [0.29, 0.717) is 21.1 Å². The quantitative estimate of drug-likeness (QED) is 0.567. The van der Waals surface area contributed by atoms with Gasteiger partial charge in [-0.15, -0.1) is 0 Å². The minimum atomic E-state index is -2.62. The predicted octanol–water partition coefficient (Wildman–Crippen LogP) is 4.64. The number of anilines is 1. The summed E-state index contributed by atoms with van der Waals surface area (Å²) in [6.45, 7) is -0.598. The summed E-state index contributed by atoms with van der Waals surface area (Å²) in [7, 11) is 0. The number of esters is 1. The van der Waals surface area contributed by atoms with Crippen LogP contribution >= 0.6 is 11.6 Å². The Kier molecular flexibility index (Phi) is 6.26. The van der Waals surface area contributed by atoms with Gasteiger partial charge in [0.15, 0.2) is 0 Å². The molecule has 1 aliphatic carbocycles. The minimum absolute atomic E-state index is 0.151. The highest BCUT2D eigenvalue weighted by Crippen LogP contribution is 2.35. The van der Waals surface area contributed by atoms with Gasteiger partial charge in [0, 0.05) is 18.4 Å². The van der Waals surface area contributed by atoms with Crippen LogP contribution in [0, 0.1) is 0 Å². The standard InChI is InChI=1S/C18H21ClF2N4O2/c1-2-27-17(26)14-9-22-16(19)7-15(14)24-13-5-3-11(4-6-13)12-8-23-25(10-12)18(20)21/h7-11,13,18H,2-6H2,1H3,(H,22,24)/t11-,13-. The summed E-state index contributed by atoms with van der Waals surface area (Å²) in [5.74, 6) is -0.238. The fourth-order valence-corrected chi connectivity index (χ4v) is 3.54. The Morgan fingerprint density at radius 1 is 1.37 bits per heavy atom. The lowest BCUT2D eigenvalue weighted by Crippen LogP contribution is -2.26. The third-order valence-corrected chi connectivity index (χ3v) is 4.95. The molecule has 146 valence electrons. The first-order valence-electron chi connectivity index (χ1n) is 8.89. The Hall–Kier alpha value is -2.22. The van der Waals surface area contributed by atoms with Gasteiger partial charge in [0.05, 0.1) is 18.5 Å². The van der Waals surface area contributed by atoms with Gasteiger partial charge in [0.25, 0.3) is 0 Å². The Labute approximate surface area is 160 Å². The predicted molar refractivity (Wildman–Crippen MR) is 97.3 cm³/mol. The molecule has 0 aliphatic heterocycles. The zero-order valence-electron chi connectivity index (χ0n) is 14.9. The average molecular weight is 399 g/mol. The number of carbonyl (C=O) groups excluding carboxylic acids is 1. The average Bonchev–Trinajstić information content (AvgIpc) is 3.13. The van der Waals surface area contributed by atoms with Crippen LogP contribution in [0.15, 0.2) is 24.7 Å². The van der Waals surface area contributed by atoms with Crippen molar-refractivity contribution in [3.63, 3.8) is 0 Å². The van der Waals surface area contributed by atoms with Crippen molar-refractivity contribution in [1.29, 1.82) is 0 Å². The number of rotatable bonds is 6. The third-order valence-electron chi connectivity index (χ3n) is 4.75. The first-order chi connectivity index (χ1) is 13.0. The normalized spacial score (nSPS) is 19.9. The van der Waals surface area contributed by atoms with E-state index in [1.54, 1.807) is 13.0 Å². The molecule has 0 atom stereocenters. The molecule has 0 saturated heterocycles. The fraction of sp³-hybridized carbons (Fsp3) is 0.500. The number of nitrogens with zero attached hydrogens (tertiary/aromatic N) is 3. The molecule has 9 heteroatoms. The lowest BCUT2D eigenvalue weighted by molar-refractivity contribution is 0.0526. The van der Waals surface area contributed by atoms with E-state index < -0.39 is 12.5 Å². The maximum Gasteiger partial charge on any atom is 0.341 e. The molecule has 0 aromatic carbocycles. The molecule has 3 rings (SSSR count). The number of ether oxygens (including phenoxy) is 1. The second-order valence-corrected chi connectivity index (χ2v) is 6.88. The summed E-state index contributed by atoms with van der Waals surface area (Å²) in [6.07, 6.45) is 7.73. The molecule has 27 heavy (non-hydrogen) atoms. The van der Waals surface area contributed by atoms with Crippen molar-refractivity contribution in [2.75, 3.05) is 11.9 Å². The van der Waals surface area contributed by atoms with Gasteiger partial charge in [0.1, 0.15) is 10.7 Å². The number of pyridine rings is 1. The summed E-state index contributed by atoms with van der Waals surface area (Å²) in [5, 5.41) is 7.36. The van der Waals surface area contributed by atoms with E-state index in [9.17, 15) is 13.6 Å². The Morgan fingerprint density at radius 2 is 2.11 bits per heavy atom. The van der Waals surface area contributed by atoms with E-state index in [1.165, 1.54) is 18.6 Å². The van der Waals surface area contributed by atoms with Gasteiger partial charge in [-0.05, 0) is 50.2 Å². The molecule has 1 saturated carbocycles. The van der Waals surface area contributed by atoms with Gasteiger partial charge in [-0.1, -0.05) is 11.6 Å². The highest BCUT2D eigenvalue weighted by molar-refractivity contribution is 6.29. The second kappa shape index (κ2) is 8.65. The Bertz CT molecular complexity index is 791. The summed E-state index contributed by atoms with van der Waals surface area (Å²) in [4.78, 5) is 16.1. The summed E-state index contributed by atoms with van der Waals surface area (Å²) in [5.41, 5.74) is 1.79. The third kappa shape index (κ3) is 4.74. The highest BCUT2D eigenvalue weighted by atomic mass is 35.5. The van der Waals surface area contributed by atoms with E-state index in [0.717, 1.165) is 31.2 Å². The molecule has 1 aliphatic rings. The van der Waals surface area contributed by atoms with Gasteiger partial charge in [-0.3, -0.25) is 0 Å². The number of aromatic nitrogens is 3. The SMILES string of the molecule is CCOC(=O)c1cnc(Cl)cc1N[C@H]1CC[C@H](c2cnn(C(F)F)c2)CC1. The number of alkyl halides is 2. The van der Waals surface area contributed by atoms with E-state index in [1.807, 2.05) is 0 Å². The molecule has 0 bridgehead atoms. The Morgan fingerprint density at radius 3 is 2.74 bits per heavy atom. The van der Waals surface area contributed by atoms with E-state index in [-0.39, 0.29) is 18.6 Å². The fourth-order valence-electron chi connectivity index (χ4n) is 3.38. The Balaban J connectivity index is 1.63. The molecular weight excluding hydrogens is 378 g/mol. The molecule has 0 radical (unpaired) electrons. The molecule has 2 aromatic heterocycles. The van der Waals surface area contributed by atoms with Crippen LogP contribution < -0.4 is 5.32 Å². The van der Waals surface area contributed by atoms with Gasteiger partial charge in [-0.25, -0.2) is 14.5 Å². The lowest BCUT2D eigenvalue weighted by Gasteiger charge is -2.29. The molecule has 0 spiro atoms. The maximum atomic E-state index is 12.7. The summed E-state index contributed by atoms with van der Waals surface area (Å²) >= 11 is 5.97. The zero-order chi connectivity index (χ0) is 19.4. The van der Waals surface area contributed by atoms with Crippen molar-refractivity contribution < 1.29 is 18.3 Å². The van der Waals surface area contributed by atoms with Crippen molar-refractivity contribution in [1.82, 2.24) is 14.8 Å². The van der Waals surface area contributed by atoms with Crippen molar-refractivity contribution in [3.05, 3.63) is 40.9 Å². The topological polar surface area (TPSA) is 69.0 Å². The maximum absolute atomic E-state index is 12.7. The van der Waals surface area contributed by atoms with Crippen LogP contribution in [0.3, 0.4) is 0 Å². The second-order valence-electron chi connectivity index (χ2n) is 6.50. The van der Waals surface area contributed by atoms with Gasteiger partial charge in [-0.2, -0.15) is 13.9 Å². The molecule has 1 fully saturated rings. The van der Waals surface area contributed by atoms with Gasteiger partial charge >= 0.3 is 12.5 Å². The van der Waals surface area contributed by atoms with E-state index in [4.69, 9.17) is 16.3 Å². The minimum Gasteiger partial charge on any atom is -0.462 e. The molecule has 2 heterocycles. The van der Waals surface area contributed by atoms with Crippen LogP contribution in [0.2, 0.25) is 5.15 Å². The van der Waals surface area contributed by atoms with Crippen molar-refractivity contribution >= 4 is 23.3 Å². The molecule has 6 nitrogen and oxygen atoms in total. The van der Waals surface area contributed by atoms with Crippen LogP contribution in [0.5, 0.6) is 0 Å². The number of halogens is 3. The first-order valence-corrected chi connectivity index (χ1v) is 9.27. The summed E-state index contributed by atoms with van der Waals surface area (Å²) < 4.78 is 31.1. The van der Waals surface area contributed by atoms with Gasteiger partial charge < -0.3 is 10.1 Å². The molecule has 0 amide bonds. The van der Waals surface area contributed by atoms with Crippen LogP contribution in [0.4, 0.5) is 14.5 Å². The lowest BCUT2D eigenvalue weighted by atomic mass is 9.83. The molecular formula is C18H21ClF2N4O2. The van der Waals surface area contributed by atoms with Crippen LogP contribution in [0.25, 0.3) is 0 Å². The van der Waals surface area contributed by atoms with Crippen LogP contribution in [0.1, 0.15) is 61.0 Å². The van der Waals surface area contributed by atoms with Crippen molar-refractivity contribution in [2.24, 2.45) is 0 Å². The zero-order valence-corrected chi connectivity index (χ0v) is 15.6. The van der Waals surface area contributed by atoms with Gasteiger partial charge in [0.2, 0.25) is 0 Å². The molecule has 0 unspecified atom stereocenters. The van der Waals surface area contributed by atoms with Crippen LogP contribution in [-0.4, -0.2) is 33.4 Å². The largest absolute Gasteiger partial charge is 0.462 e. The number of hydrogen-bond acceptors (Lipinski definition) is 5. The monoisotopic (exact) mass is 398 g/mol. The van der Waals surface area contributed by atoms with E-state index in [2.05, 4.69) is 15.4 Å². The molecule has 1 N–H and O–H groups in total. The molecule has 2 aromatic rings. The van der Waals surface area contributed by atoms with E-state index >= 15 is 0 Å². The number of hydrogen-bond donors (Lipinski definition) is 1. The van der Waals surface area contributed by atoms with Crippen molar-refractivity contribution in [2.45, 2.75) is 51.1 Å².